The van der Waals surface area contributed by atoms with Crippen molar-refractivity contribution >= 4 is 5.97 Å². The molecule has 0 aromatic rings. The lowest BCUT2D eigenvalue weighted by Crippen LogP contribution is -2.21. The molecular weight excluding hydrogens is 190 g/mol. The number of nitrogens with one attached hydrogen (secondary N) is 1. The average molecular weight is 211 g/mol. The summed E-state index contributed by atoms with van der Waals surface area (Å²) in [5.41, 5.74) is 0.419. The first-order valence-electron chi connectivity index (χ1n) is 5.70. The molecule has 0 aromatic heterocycles. The first-order valence-corrected chi connectivity index (χ1v) is 5.70. The number of aliphatic carboxylic acids is 1. The number of hydrogen-bond acceptors (Lipinski definition) is 2. The topological polar surface area (TPSA) is 49.3 Å². The molecule has 86 valence electrons. The van der Waals surface area contributed by atoms with E-state index in [9.17, 15) is 4.79 Å². The normalized spacial score (nSPS) is 26.9. The van der Waals surface area contributed by atoms with Crippen LogP contribution < -0.4 is 5.32 Å². The van der Waals surface area contributed by atoms with Crippen LogP contribution in [0.1, 0.15) is 33.1 Å². The minimum absolute atomic E-state index is 0.419. The number of rotatable bonds is 5. The van der Waals surface area contributed by atoms with E-state index in [0.717, 1.165) is 18.4 Å². The Hall–Kier alpha value is -0.830. The molecule has 1 aliphatic carbocycles. The van der Waals surface area contributed by atoms with Crippen molar-refractivity contribution in [3.05, 3.63) is 11.6 Å². The van der Waals surface area contributed by atoms with E-state index in [1.807, 2.05) is 0 Å². The lowest BCUT2D eigenvalue weighted by atomic mass is 10.1. The van der Waals surface area contributed by atoms with E-state index in [0.29, 0.717) is 12.1 Å². The summed E-state index contributed by atoms with van der Waals surface area (Å²) in [6, 6.07) is 0. The van der Waals surface area contributed by atoms with E-state index in [1.54, 1.807) is 13.0 Å². The first-order chi connectivity index (χ1) is 7.09. The lowest BCUT2D eigenvalue weighted by Gasteiger charge is -2.09. The molecule has 1 fully saturated rings. The van der Waals surface area contributed by atoms with Gasteiger partial charge in [0, 0.05) is 12.1 Å². The fourth-order valence-corrected chi connectivity index (χ4v) is 2.11. The van der Waals surface area contributed by atoms with Crippen LogP contribution in [-0.4, -0.2) is 24.2 Å². The largest absolute Gasteiger partial charge is 0.478 e. The minimum Gasteiger partial charge on any atom is -0.478 e. The van der Waals surface area contributed by atoms with Gasteiger partial charge in [0.25, 0.3) is 0 Å². The molecule has 0 saturated heterocycles. The molecule has 3 heteroatoms. The molecule has 0 aromatic carbocycles. The molecule has 0 amide bonds. The van der Waals surface area contributed by atoms with E-state index in [-0.39, 0.29) is 0 Å². The quantitative estimate of drug-likeness (QED) is 0.540. The molecule has 0 bridgehead atoms. The van der Waals surface area contributed by atoms with Gasteiger partial charge >= 0.3 is 5.97 Å². The SMILES string of the molecule is C/C(=C/CNCC1CCC(C)C1)C(=O)O. The van der Waals surface area contributed by atoms with Crippen LogP contribution in [0.15, 0.2) is 11.6 Å². The van der Waals surface area contributed by atoms with Gasteiger partial charge in [-0.2, -0.15) is 0 Å². The molecule has 0 radical (unpaired) electrons. The van der Waals surface area contributed by atoms with Gasteiger partial charge in [-0.3, -0.25) is 0 Å². The molecule has 0 spiro atoms. The molecule has 15 heavy (non-hydrogen) atoms. The second-order valence-electron chi connectivity index (χ2n) is 4.63. The Balaban J connectivity index is 2.11. The van der Waals surface area contributed by atoms with Gasteiger partial charge in [0.05, 0.1) is 0 Å². The summed E-state index contributed by atoms with van der Waals surface area (Å²) in [4.78, 5) is 10.5. The maximum absolute atomic E-state index is 10.5. The van der Waals surface area contributed by atoms with Crippen molar-refractivity contribution in [2.45, 2.75) is 33.1 Å². The number of hydrogen-bond donors (Lipinski definition) is 2. The summed E-state index contributed by atoms with van der Waals surface area (Å²) >= 11 is 0. The van der Waals surface area contributed by atoms with Crippen LogP contribution in [0, 0.1) is 11.8 Å². The molecule has 1 saturated carbocycles. The summed E-state index contributed by atoms with van der Waals surface area (Å²) < 4.78 is 0. The van der Waals surface area contributed by atoms with Gasteiger partial charge < -0.3 is 10.4 Å². The van der Waals surface area contributed by atoms with E-state index < -0.39 is 5.97 Å². The van der Waals surface area contributed by atoms with Crippen molar-refractivity contribution in [2.24, 2.45) is 11.8 Å². The predicted molar refractivity (Wildman–Crippen MR) is 60.8 cm³/mol. The molecule has 1 rings (SSSR count). The lowest BCUT2D eigenvalue weighted by molar-refractivity contribution is -0.132. The number of carbonyl (C=O) groups is 1. The zero-order valence-electron chi connectivity index (χ0n) is 9.62. The highest BCUT2D eigenvalue weighted by atomic mass is 16.4. The summed E-state index contributed by atoms with van der Waals surface area (Å²) in [5.74, 6) is 0.831. The van der Waals surface area contributed by atoms with Crippen LogP contribution >= 0.6 is 0 Å². The summed E-state index contributed by atoms with van der Waals surface area (Å²) in [6.07, 6.45) is 5.71. The van der Waals surface area contributed by atoms with E-state index in [2.05, 4.69) is 12.2 Å². The zero-order chi connectivity index (χ0) is 11.3. The Morgan fingerprint density at radius 1 is 1.53 bits per heavy atom. The van der Waals surface area contributed by atoms with Gasteiger partial charge in [0.15, 0.2) is 0 Å². The van der Waals surface area contributed by atoms with Crippen molar-refractivity contribution in [3.8, 4) is 0 Å². The third-order valence-electron chi connectivity index (χ3n) is 3.13. The van der Waals surface area contributed by atoms with Crippen LogP contribution in [0.3, 0.4) is 0 Å². The Morgan fingerprint density at radius 3 is 2.80 bits per heavy atom. The highest BCUT2D eigenvalue weighted by Crippen LogP contribution is 2.29. The Bertz CT molecular complexity index is 248. The highest BCUT2D eigenvalue weighted by molar-refractivity contribution is 5.85. The van der Waals surface area contributed by atoms with Crippen molar-refractivity contribution in [1.82, 2.24) is 5.32 Å². The monoisotopic (exact) mass is 211 g/mol. The smallest absolute Gasteiger partial charge is 0.330 e. The van der Waals surface area contributed by atoms with Gasteiger partial charge in [0.1, 0.15) is 0 Å². The fraction of sp³-hybridized carbons (Fsp3) is 0.750. The number of carboxylic acids is 1. The predicted octanol–water partition coefficient (Wildman–Crippen LogP) is 2.04. The van der Waals surface area contributed by atoms with Gasteiger partial charge in [0.2, 0.25) is 0 Å². The van der Waals surface area contributed by atoms with Crippen LogP contribution in [0.5, 0.6) is 0 Å². The maximum Gasteiger partial charge on any atom is 0.330 e. The van der Waals surface area contributed by atoms with Crippen LogP contribution in [0.4, 0.5) is 0 Å². The van der Waals surface area contributed by atoms with Crippen molar-refractivity contribution in [2.75, 3.05) is 13.1 Å². The third kappa shape index (κ3) is 4.47. The molecule has 0 aliphatic heterocycles. The first kappa shape index (κ1) is 12.2. The second-order valence-corrected chi connectivity index (χ2v) is 4.63. The minimum atomic E-state index is -0.828. The van der Waals surface area contributed by atoms with Crippen LogP contribution in [-0.2, 0) is 4.79 Å². The van der Waals surface area contributed by atoms with Crippen molar-refractivity contribution in [1.29, 1.82) is 0 Å². The number of carboxylic acid groups (broad SMARTS) is 1. The Morgan fingerprint density at radius 2 is 2.27 bits per heavy atom. The third-order valence-corrected chi connectivity index (χ3v) is 3.13. The Labute approximate surface area is 91.6 Å². The summed E-state index contributed by atoms with van der Waals surface area (Å²) in [6.45, 7) is 5.62. The van der Waals surface area contributed by atoms with Crippen LogP contribution in [0.25, 0.3) is 0 Å². The molecular formula is C12H21NO2. The summed E-state index contributed by atoms with van der Waals surface area (Å²) in [5, 5.41) is 11.9. The zero-order valence-corrected chi connectivity index (χ0v) is 9.62. The van der Waals surface area contributed by atoms with Gasteiger partial charge in [-0.05, 0) is 38.1 Å². The van der Waals surface area contributed by atoms with Crippen LogP contribution in [0.2, 0.25) is 0 Å². The molecule has 1 aliphatic rings. The fourth-order valence-electron chi connectivity index (χ4n) is 2.11. The van der Waals surface area contributed by atoms with Gasteiger partial charge in [-0.1, -0.05) is 19.4 Å². The maximum atomic E-state index is 10.5. The van der Waals surface area contributed by atoms with E-state index in [4.69, 9.17) is 5.11 Å². The molecule has 2 atom stereocenters. The molecule has 3 nitrogen and oxygen atoms in total. The molecule has 2 N–H and O–H groups in total. The van der Waals surface area contributed by atoms with Gasteiger partial charge in [-0.25, -0.2) is 4.79 Å². The van der Waals surface area contributed by atoms with E-state index in [1.165, 1.54) is 19.3 Å². The van der Waals surface area contributed by atoms with E-state index >= 15 is 0 Å². The highest BCUT2D eigenvalue weighted by Gasteiger charge is 2.20. The standard InChI is InChI=1S/C12H21NO2/c1-9-3-4-11(7-9)8-13-6-5-10(2)12(14)15/h5,9,11,13H,3-4,6-8H2,1-2H3,(H,14,15)/b10-5-. The Kier molecular flexibility index (Phi) is 4.82. The average Bonchev–Trinajstić information content (AvgIpc) is 2.58. The summed E-state index contributed by atoms with van der Waals surface area (Å²) in [7, 11) is 0. The van der Waals surface area contributed by atoms with Gasteiger partial charge in [-0.15, -0.1) is 0 Å². The van der Waals surface area contributed by atoms with Crippen molar-refractivity contribution < 1.29 is 9.90 Å². The molecule has 0 heterocycles. The second kappa shape index (κ2) is 5.91. The van der Waals surface area contributed by atoms with Crippen molar-refractivity contribution in [3.63, 3.8) is 0 Å². The molecule has 2 unspecified atom stereocenters.